The van der Waals surface area contributed by atoms with Crippen LogP contribution < -0.4 is 10.9 Å². The standard InChI is InChI=1S/C18H14ClF3N4O2/c1-11-8-15(26(24-11)13-5-2-4-12(19)9-13)23-16(27)10-25-7-3-6-14(17(25)28)18(20,21)22/h2-9H,10H2,1H3,(H,23,27). The molecule has 0 saturated heterocycles. The minimum Gasteiger partial charge on any atom is -0.309 e. The largest absolute Gasteiger partial charge is 0.421 e. The van der Waals surface area contributed by atoms with Gasteiger partial charge in [0, 0.05) is 17.3 Å². The molecule has 3 aromatic rings. The molecule has 1 amide bonds. The molecule has 3 rings (SSSR count). The first-order valence-corrected chi connectivity index (χ1v) is 8.42. The van der Waals surface area contributed by atoms with E-state index in [0.717, 1.165) is 12.3 Å². The van der Waals surface area contributed by atoms with Crippen LogP contribution >= 0.6 is 11.6 Å². The van der Waals surface area contributed by atoms with Crippen molar-refractivity contribution >= 4 is 23.3 Å². The average molecular weight is 411 g/mol. The Morgan fingerprint density at radius 2 is 1.96 bits per heavy atom. The zero-order chi connectivity index (χ0) is 20.5. The molecule has 2 heterocycles. The van der Waals surface area contributed by atoms with Gasteiger partial charge in [-0.05, 0) is 37.3 Å². The van der Waals surface area contributed by atoms with E-state index in [-0.39, 0.29) is 0 Å². The lowest BCUT2D eigenvalue weighted by Gasteiger charge is -2.12. The number of aromatic nitrogens is 3. The molecular formula is C18H14ClF3N4O2. The molecule has 10 heteroatoms. The van der Waals surface area contributed by atoms with E-state index in [9.17, 15) is 22.8 Å². The summed E-state index contributed by atoms with van der Waals surface area (Å²) in [6.45, 7) is 1.14. The third kappa shape index (κ3) is 4.25. The van der Waals surface area contributed by atoms with Crippen LogP contribution in [-0.4, -0.2) is 20.3 Å². The van der Waals surface area contributed by atoms with Gasteiger partial charge in [0.15, 0.2) is 0 Å². The Labute approximate surface area is 162 Å². The molecular weight excluding hydrogens is 397 g/mol. The minimum absolute atomic E-state index is 0.296. The van der Waals surface area contributed by atoms with E-state index in [1.807, 2.05) is 0 Å². The topological polar surface area (TPSA) is 68.9 Å². The number of anilines is 1. The molecule has 0 aliphatic carbocycles. The third-order valence-electron chi connectivity index (χ3n) is 3.79. The summed E-state index contributed by atoms with van der Waals surface area (Å²) in [5.41, 5.74) is -1.43. The van der Waals surface area contributed by atoms with Crippen LogP contribution in [0.1, 0.15) is 11.3 Å². The average Bonchev–Trinajstić information content (AvgIpc) is 2.96. The summed E-state index contributed by atoms with van der Waals surface area (Å²) in [4.78, 5) is 24.3. The minimum atomic E-state index is -4.79. The number of amides is 1. The molecule has 0 aliphatic heterocycles. The van der Waals surface area contributed by atoms with Crippen LogP contribution in [0, 0.1) is 6.92 Å². The highest BCUT2D eigenvalue weighted by molar-refractivity contribution is 6.30. The fourth-order valence-corrected chi connectivity index (χ4v) is 2.79. The van der Waals surface area contributed by atoms with Crippen molar-refractivity contribution < 1.29 is 18.0 Å². The first kappa shape index (κ1) is 19.7. The first-order valence-electron chi connectivity index (χ1n) is 8.04. The molecule has 0 aliphatic rings. The maximum atomic E-state index is 12.9. The van der Waals surface area contributed by atoms with E-state index in [1.54, 1.807) is 37.3 Å². The zero-order valence-corrected chi connectivity index (χ0v) is 15.3. The van der Waals surface area contributed by atoms with Crippen LogP contribution in [0.15, 0.2) is 53.5 Å². The van der Waals surface area contributed by atoms with Crippen LogP contribution in [0.25, 0.3) is 5.69 Å². The van der Waals surface area contributed by atoms with Crippen molar-refractivity contribution in [2.75, 3.05) is 5.32 Å². The fourth-order valence-electron chi connectivity index (χ4n) is 2.61. The molecule has 0 saturated carbocycles. The molecule has 0 atom stereocenters. The highest BCUT2D eigenvalue weighted by atomic mass is 35.5. The first-order chi connectivity index (χ1) is 13.1. The van der Waals surface area contributed by atoms with Crippen molar-refractivity contribution in [3.8, 4) is 5.69 Å². The summed E-state index contributed by atoms with van der Waals surface area (Å²) in [5, 5.41) is 7.30. The van der Waals surface area contributed by atoms with Gasteiger partial charge in [-0.25, -0.2) is 4.68 Å². The molecule has 28 heavy (non-hydrogen) atoms. The lowest BCUT2D eigenvalue weighted by atomic mass is 10.2. The lowest BCUT2D eigenvalue weighted by molar-refractivity contribution is -0.139. The summed E-state index contributed by atoms with van der Waals surface area (Å²) in [7, 11) is 0. The Kier molecular flexibility index (Phi) is 5.28. The monoisotopic (exact) mass is 410 g/mol. The molecule has 0 radical (unpaired) electrons. The van der Waals surface area contributed by atoms with Gasteiger partial charge < -0.3 is 9.88 Å². The van der Waals surface area contributed by atoms with Crippen molar-refractivity contribution in [2.24, 2.45) is 0 Å². The number of benzene rings is 1. The number of carbonyl (C=O) groups excluding carboxylic acids is 1. The van der Waals surface area contributed by atoms with Crippen LogP contribution in [0.2, 0.25) is 5.02 Å². The van der Waals surface area contributed by atoms with Crippen LogP contribution in [0.3, 0.4) is 0 Å². The van der Waals surface area contributed by atoms with Crippen molar-refractivity contribution in [1.82, 2.24) is 14.3 Å². The van der Waals surface area contributed by atoms with Crippen LogP contribution in [0.5, 0.6) is 0 Å². The number of nitrogens with zero attached hydrogens (tertiary/aromatic N) is 3. The molecule has 1 N–H and O–H groups in total. The number of halogens is 4. The van der Waals surface area contributed by atoms with Gasteiger partial charge in [0.2, 0.25) is 5.91 Å². The molecule has 6 nitrogen and oxygen atoms in total. The Balaban J connectivity index is 1.85. The quantitative estimate of drug-likeness (QED) is 0.713. The SMILES string of the molecule is Cc1cc(NC(=O)Cn2cccc(C(F)(F)F)c2=O)n(-c2cccc(Cl)c2)n1. The van der Waals surface area contributed by atoms with Crippen molar-refractivity contribution in [1.29, 1.82) is 0 Å². The number of alkyl halides is 3. The van der Waals surface area contributed by atoms with E-state index < -0.39 is 29.8 Å². The Hall–Kier alpha value is -3.07. The lowest BCUT2D eigenvalue weighted by Crippen LogP contribution is -2.32. The van der Waals surface area contributed by atoms with E-state index in [1.165, 1.54) is 4.68 Å². The van der Waals surface area contributed by atoms with E-state index in [2.05, 4.69) is 10.4 Å². The molecule has 0 unspecified atom stereocenters. The maximum absolute atomic E-state index is 12.9. The van der Waals surface area contributed by atoms with Gasteiger partial charge >= 0.3 is 6.18 Å². The predicted molar refractivity (Wildman–Crippen MR) is 97.6 cm³/mol. The second-order valence-corrected chi connectivity index (χ2v) is 6.40. The number of nitrogens with one attached hydrogen (secondary N) is 1. The van der Waals surface area contributed by atoms with Gasteiger partial charge in [-0.3, -0.25) is 9.59 Å². The Bertz CT molecular complexity index is 1090. The number of pyridine rings is 1. The van der Waals surface area contributed by atoms with Gasteiger partial charge in [-0.1, -0.05) is 17.7 Å². The van der Waals surface area contributed by atoms with Crippen LogP contribution in [0.4, 0.5) is 19.0 Å². The summed E-state index contributed by atoms with van der Waals surface area (Å²) < 4.78 is 40.7. The molecule has 2 aromatic heterocycles. The van der Waals surface area contributed by atoms with E-state index in [4.69, 9.17) is 11.6 Å². The summed E-state index contributed by atoms with van der Waals surface area (Å²) in [5.74, 6) is -0.380. The second kappa shape index (κ2) is 7.51. The molecule has 0 spiro atoms. The third-order valence-corrected chi connectivity index (χ3v) is 4.03. The van der Waals surface area contributed by atoms with Gasteiger partial charge in [-0.2, -0.15) is 18.3 Å². The molecule has 146 valence electrons. The normalized spacial score (nSPS) is 11.5. The summed E-state index contributed by atoms with van der Waals surface area (Å²) in [6, 6.07) is 10.1. The molecule has 1 aromatic carbocycles. The van der Waals surface area contributed by atoms with Crippen molar-refractivity contribution in [3.63, 3.8) is 0 Å². The van der Waals surface area contributed by atoms with E-state index >= 15 is 0 Å². The number of rotatable bonds is 4. The fraction of sp³-hybridized carbons (Fsp3) is 0.167. The zero-order valence-electron chi connectivity index (χ0n) is 14.5. The van der Waals surface area contributed by atoms with Crippen LogP contribution in [-0.2, 0) is 17.5 Å². The Morgan fingerprint density at radius 1 is 1.21 bits per heavy atom. The highest BCUT2D eigenvalue weighted by Gasteiger charge is 2.34. The number of carbonyl (C=O) groups is 1. The second-order valence-electron chi connectivity index (χ2n) is 5.96. The Morgan fingerprint density at radius 3 is 2.64 bits per heavy atom. The highest BCUT2D eigenvalue weighted by Crippen LogP contribution is 2.26. The van der Waals surface area contributed by atoms with Crippen molar-refractivity contribution in [2.45, 2.75) is 19.6 Å². The van der Waals surface area contributed by atoms with Gasteiger partial charge in [0.25, 0.3) is 5.56 Å². The number of hydrogen-bond acceptors (Lipinski definition) is 3. The van der Waals surface area contributed by atoms with Crippen molar-refractivity contribution in [3.05, 3.63) is 75.3 Å². The smallest absolute Gasteiger partial charge is 0.309 e. The molecule has 0 bridgehead atoms. The maximum Gasteiger partial charge on any atom is 0.421 e. The van der Waals surface area contributed by atoms with Gasteiger partial charge in [-0.15, -0.1) is 0 Å². The molecule has 0 fully saturated rings. The van der Waals surface area contributed by atoms with Gasteiger partial charge in [0.1, 0.15) is 17.9 Å². The predicted octanol–water partition coefficient (Wildman–Crippen LogP) is 3.65. The summed E-state index contributed by atoms with van der Waals surface area (Å²) >= 11 is 5.98. The van der Waals surface area contributed by atoms with E-state index in [0.29, 0.717) is 32.9 Å². The number of hydrogen-bond donors (Lipinski definition) is 1. The number of aryl methyl sites for hydroxylation is 1. The summed E-state index contributed by atoms with van der Waals surface area (Å²) in [6.07, 6.45) is -3.67. The van der Waals surface area contributed by atoms with Gasteiger partial charge in [0.05, 0.1) is 11.4 Å².